The van der Waals surface area contributed by atoms with Gasteiger partial charge in [0.1, 0.15) is 5.75 Å². The molecule has 1 aromatic carbocycles. The maximum atomic E-state index is 12.6. The molecule has 0 aliphatic heterocycles. The van der Waals surface area contributed by atoms with E-state index < -0.39 is 25.4 Å². The summed E-state index contributed by atoms with van der Waals surface area (Å²) in [5, 5.41) is 11.2. The molecule has 0 saturated heterocycles. The maximum Gasteiger partial charge on any atom is 0.427 e. The van der Waals surface area contributed by atoms with E-state index in [1.807, 2.05) is 5.09 Å². The Hall–Kier alpha value is -2.21. The number of hydrogen-bond donors (Lipinski definition) is 4. The quantitative estimate of drug-likeness (QED) is 0.598. The van der Waals surface area contributed by atoms with Crippen LogP contribution in [0, 0.1) is 5.92 Å². The molecule has 2 atom stereocenters. The van der Waals surface area contributed by atoms with E-state index in [1.165, 1.54) is 24.3 Å². The molecular formula is C15H16NO6P. The molecule has 0 saturated carbocycles. The number of nitrogens with one attached hydrogen (secondary N) is 1. The van der Waals surface area contributed by atoms with Crippen molar-refractivity contribution in [3.8, 4) is 5.75 Å². The van der Waals surface area contributed by atoms with Crippen molar-refractivity contribution in [1.82, 2.24) is 5.09 Å². The van der Waals surface area contributed by atoms with Crippen LogP contribution < -0.4 is 5.09 Å². The highest BCUT2D eigenvalue weighted by atomic mass is 31.2. The Labute approximate surface area is 132 Å². The van der Waals surface area contributed by atoms with Crippen LogP contribution in [0.1, 0.15) is 18.4 Å². The number of aromatic hydroxyl groups is 1. The molecule has 1 aliphatic rings. The summed E-state index contributed by atoms with van der Waals surface area (Å²) < 4.78 is 11.1. The van der Waals surface area contributed by atoms with Gasteiger partial charge in [-0.1, -0.05) is 25.1 Å². The number of allylic oxidation sites excluding steroid dienone is 3. The van der Waals surface area contributed by atoms with Crippen molar-refractivity contribution >= 4 is 19.3 Å². The van der Waals surface area contributed by atoms with Crippen LogP contribution in [-0.2, 0) is 14.2 Å². The Morgan fingerprint density at radius 3 is 2.43 bits per heavy atom. The first-order valence-electron chi connectivity index (χ1n) is 6.77. The van der Waals surface area contributed by atoms with E-state index in [-0.39, 0.29) is 17.2 Å². The number of carbonyl (C=O) groups is 2. The van der Waals surface area contributed by atoms with Gasteiger partial charge in [0.05, 0.1) is 5.92 Å². The first kappa shape index (κ1) is 17.1. The molecule has 2 unspecified atom stereocenters. The van der Waals surface area contributed by atoms with Gasteiger partial charge in [-0.25, -0.2) is 4.57 Å². The first-order valence-corrected chi connectivity index (χ1v) is 8.39. The highest BCUT2D eigenvalue weighted by Crippen LogP contribution is 2.35. The molecule has 0 heterocycles. The van der Waals surface area contributed by atoms with Gasteiger partial charge in [0.2, 0.25) is 0 Å². The van der Waals surface area contributed by atoms with Gasteiger partial charge in [-0.2, -0.15) is 0 Å². The highest BCUT2D eigenvalue weighted by molar-refractivity contribution is 7.49. The predicted octanol–water partition coefficient (Wildman–Crippen LogP) is 1.39. The molecule has 4 N–H and O–H groups in total. The fourth-order valence-electron chi connectivity index (χ4n) is 2.30. The molecular weight excluding hydrogens is 321 g/mol. The third-order valence-corrected chi connectivity index (χ3v) is 4.04. The Balaban J connectivity index is 2.27. The number of hydrogen-bond acceptors (Lipinski definition) is 4. The standard InChI is InChI=1S/C15H16NO6P/c1-9(10-2-4-11(17)5-3-10)15(19)13-7-6-12(18)8-14(13)16-23(20,21)22/h2-9,13,17H,1H3,(H3,16,20,21,22). The molecule has 0 bridgehead atoms. The van der Waals surface area contributed by atoms with E-state index in [0.29, 0.717) is 5.56 Å². The number of Topliss-reactive ketones (excluding diaryl/α,β-unsaturated/α-hetero) is 1. The SMILES string of the molecule is CC(C(=O)C1C=CC(=O)C=C1NP(=O)(O)O)c1ccc(O)cc1. The summed E-state index contributed by atoms with van der Waals surface area (Å²) in [6.45, 7) is 1.65. The summed E-state index contributed by atoms with van der Waals surface area (Å²) in [5.41, 5.74) is 0.523. The second-order valence-electron chi connectivity index (χ2n) is 5.21. The van der Waals surface area contributed by atoms with Crippen molar-refractivity contribution in [1.29, 1.82) is 0 Å². The number of benzene rings is 1. The van der Waals surface area contributed by atoms with Crippen molar-refractivity contribution in [2.75, 3.05) is 0 Å². The van der Waals surface area contributed by atoms with Gasteiger partial charge in [-0.3, -0.25) is 14.7 Å². The second kappa shape index (κ2) is 6.50. The van der Waals surface area contributed by atoms with Gasteiger partial charge in [0.25, 0.3) is 0 Å². The molecule has 23 heavy (non-hydrogen) atoms. The lowest BCUT2D eigenvalue weighted by molar-refractivity contribution is -0.121. The van der Waals surface area contributed by atoms with Crippen LogP contribution in [0.25, 0.3) is 0 Å². The van der Waals surface area contributed by atoms with E-state index in [9.17, 15) is 19.3 Å². The van der Waals surface area contributed by atoms with E-state index in [4.69, 9.17) is 9.79 Å². The van der Waals surface area contributed by atoms with Gasteiger partial charge in [0.15, 0.2) is 11.6 Å². The van der Waals surface area contributed by atoms with Crippen molar-refractivity contribution in [3.05, 3.63) is 53.8 Å². The molecule has 2 rings (SSSR count). The number of phenols is 1. The van der Waals surface area contributed by atoms with E-state index >= 15 is 0 Å². The van der Waals surface area contributed by atoms with Gasteiger partial charge in [-0.05, 0) is 23.8 Å². The number of ketones is 2. The molecule has 7 nitrogen and oxygen atoms in total. The van der Waals surface area contributed by atoms with Gasteiger partial charge in [0, 0.05) is 17.7 Å². The minimum Gasteiger partial charge on any atom is -0.508 e. The molecule has 0 aromatic heterocycles. The van der Waals surface area contributed by atoms with E-state index in [0.717, 1.165) is 6.08 Å². The number of phenolic OH excluding ortho intramolecular Hbond substituents is 1. The molecule has 122 valence electrons. The van der Waals surface area contributed by atoms with E-state index in [2.05, 4.69) is 0 Å². The second-order valence-corrected chi connectivity index (χ2v) is 6.52. The summed E-state index contributed by atoms with van der Waals surface area (Å²) in [5.74, 6) is -2.25. The van der Waals surface area contributed by atoms with Crippen LogP contribution in [0.3, 0.4) is 0 Å². The lowest BCUT2D eigenvalue weighted by Crippen LogP contribution is -2.29. The van der Waals surface area contributed by atoms with Crippen LogP contribution in [-0.4, -0.2) is 26.5 Å². The summed E-state index contributed by atoms with van der Waals surface area (Å²) in [4.78, 5) is 42.1. The Morgan fingerprint density at radius 2 is 1.87 bits per heavy atom. The number of carbonyl (C=O) groups excluding carboxylic acids is 2. The number of rotatable bonds is 5. The third kappa shape index (κ3) is 4.39. The zero-order chi connectivity index (χ0) is 17.2. The van der Waals surface area contributed by atoms with E-state index in [1.54, 1.807) is 19.1 Å². The molecule has 0 amide bonds. The largest absolute Gasteiger partial charge is 0.508 e. The van der Waals surface area contributed by atoms with Crippen LogP contribution in [0.5, 0.6) is 5.75 Å². The molecule has 1 aromatic rings. The molecule has 0 radical (unpaired) electrons. The first-order chi connectivity index (χ1) is 10.7. The Morgan fingerprint density at radius 1 is 1.26 bits per heavy atom. The smallest absolute Gasteiger partial charge is 0.427 e. The Bertz CT molecular complexity index is 731. The highest BCUT2D eigenvalue weighted by Gasteiger charge is 2.31. The molecule has 0 spiro atoms. The lowest BCUT2D eigenvalue weighted by atomic mass is 9.85. The normalized spacial score (nSPS) is 19.2. The van der Waals surface area contributed by atoms with Crippen LogP contribution >= 0.6 is 7.75 Å². The van der Waals surface area contributed by atoms with Crippen LogP contribution in [0.4, 0.5) is 0 Å². The lowest BCUT2D eigenvalue weighted by Gasteiger charge is -2.23. The van der Waals surface area contributed by atoms with Gasteiger partial charge in [-0.15, -0.1) is 0 Å². The minimum atomic E-state index is -4.64. The van der Waals surface area contributed by atoms with Crippen molar-refractivity contribution in [2.24, 2.45) is 5.92 Å². The zero-order valence-corrected chi connectivity index (χ0v) is 13.1. The van der Waals surface area contributed by atoms with Crippen molar-refractivity contribution < 1.29 is 29.0 Å². The average molecular weight is 337 g/mol. The van der Waals surface area contributed by atoms with Gasteiger partial charge < -0.3 is 14.9 Å². The van der Waals surface area contributed by atoms with Crippen LogP contribution in [0.2, 0.25) is 0 Å². The molecule has 8 heteroatoms. The minimum absolute atomic E-state index is 0.0697. The topological polar surface area (TPSA) is 124 Å². The summed E-state index contributed by atoms with van der Waals surface area (Å²) in [7, 11) is -4.64. The third-order valence-electron chi connectivity index (χ3n) is 3.49. The maximum absolute atomic E-state index is 12.6. The van der Waals surface area contributed by atoms with Gasteiger partial charge >= 0.3 is 7.75 Å². The van der Waals surface area contributed by atoms with Crippen molar-refractivity contribution in [3.63, 3.8) is 0 Å². The fraction of sp³-hybridized carbons (Fsp3) is 0.200. The van der Waals surface area contributed by atoms with Crippen LogP contribution in [0.15, 0.2) is 48.2 Å². The monoisotopic (exact) mass is 337 g/mol. The molecule has 1 aliphatic carbocycles. The summed E-state index contributed by atoms with van der Waals surface area (Å²) in [6, 6.07) is 6.08. The molecule has 0 fully saturated rings. The summed E-state index contributed by atoms with van der Waals surface area (Å²) >= 11 is 0. The zero-order valence-electron chi connectivity index (χ0n) is 12.2. The van der Waals surface area contributed by atoms with Crippen molar-refractivity contribution in [2.45, 2.75) is 12.8 Å². The fourth-order valence-corrected chi connectivity index (χ4v) is 2.84. The Kier molecular flexibility index (Phi) is 4.85. The predicted molar refractivity (Wildman–Crippen MR) is 82.4 cm³/mol. The average Bonchev–Trinajstić information content (AvgIpc) is 2.45. The summed E-state index contributed by atoms with van der Waals surface area (Å²) in [6.07, 6.45) is 3.52.